The molecule has 0 bridgehead atoms. The van der Waals surface area contributed by atoms with E-state index in [-0.39, 0.29) is 22.4 Å². The first-order valence-electron chi connectivity index (χ1n) is 6.28. The van der Waals surface area contributed by atoms with Crippen LogP contribution >= 0.6 is 11.6 Å². The van der Waals surface area contributed by atoms with E-state index in [2.05, 4.69) is 15.3 Å². The molecule has 0 saturated carbocycles. The van der Waals surface area contributed by atoms with Gasteiger partial charge in [0.1, 0.15) is 16.7 Å². The van der Waals surface area contributed by atoms with Crippen LogP contribution in [0.4, 0.5) is 20.3 Å². The van der Waals surface area contributed by atoms with Crippen molar-refractivity contribution in [3.8, 4) is 0 Å². The number of hydrogen-bond donors (Lipinski definition) is 3. The molecule has 0 atom stereocenters. The SMILES string of the molecule is CC(F)(F)c1cccc(Nc2cc(Cl)ncc2C(=N)CO)n1. The first-order valence-corrected chi connectivity index (χ1v) is 6.65. The Kier molecular flexibility index (Phi) is 4.68. The number of aromatic nitrogens is 2. The van der Waals surface area contributed by atoms with Gasteiger partial charge < -0.3 is 15.8 Å². The van der Waals surface area contributed by atoms with Gasteiger partial charge in [-0.05, 0) is 18.2 Å². The maximum Gasteiger partial charge on any atom is 0.287 e. The van der Waals surface area contributed by atoms with Crippen LogP contribution in [0.25, 0.3) is 0 Å². The molecule has 2 aromatic heterocycles. The monoisotopic (exact) mass is 326 g/mol. The van der Waals surface area contributed by atoms with Crippen LogP contribution in [0.1, 0.15) is 18.2 Å². The number of aliphatic hydroxyl groups is 1. The van der Waals surface area contributed by atoms with Crippen molar-refractivity contribution in [1.29, 1.82) is 5.41 Å². The minimum atomic E-state index is -3.06. The van der Waals surface area contributed by atoms with E-state index in [4.69, 9.17) is 22.1 Å². The Balaban J connectivity index is 2.39. The van der Waals surface area contributed by atoms with Gasteiger partial charge in [-0.15, -0.1) is 0 Å². The molecule has 22 heavy (non-hydrogen) atoms. The van der Waals surface area contributed by atoms with E-state index in [1.807, 2.05) is 0 Å². The van der Waals surface area contributed by atoms with Crippen LogP contribution in [0, 0.1) is 5.41 Å². The summed E-state index contributed by atoms with van der Waals surface area (Å²) in [6.07, 6.45) is 1.32. The summed E-state index contributed by atoms with van der Waals surface area (Å²) in [5.41, 5.74) is 0.200. The second-order valence-corrected chi connectivity index (χ2v) is 5.00. The van der Waals surface area contributed by atoms with Crippen molar-refractivity contribution >= 4 is 28.8 Å². The second-order valence-electron chi connectivity index (χ2n) is 4.61. The van der Waals surface area contributed by atoms with Crippen molar-refractivity contribution in [2.75, 3.05) is 11.9 Å². The van der Waals surface area contributed by atoms with Crippen molar-refractivity contribution in [3.05, 3.63) is 46.9 Å². The van der Waals surface area contributed by atoms with Crippen LogP contribution in [0.3, 0.4) is 0 Å². The van der Waals surface area contributed by atoms with Gasteiger partial charge in [-0.1, -0.05) is 17.7 Å². The summed E-state index contributed by atoms with van der Waals surface area (Å²) in [6.45, 7) is 0.272. The number of hydrogen-bond acceptors (Lipinski definition) is 5. The topological polar surface area (TPSA) is 81.9 Å². The molecule has 0 aliphatic carbocycles. The Hall–Kier alpha value is -2.12. The highest BCUT2D eigenvalue weighted by atomic mass is 35.5. The molecule has 0 unspecified atom stereocenters. The zero-order valence-corrected chi connectivity index (χ0v) is 12.3. The third-order valence-electron chi connectivity index (χ3n) is 2.82. The van der Waals surface area contributed by atoms with Crippen LogP contribution < -0.4 is 5.32 Å². The zero-order valence-electron chi connectivity index (χ0n) is 11.6. The third-order valence-corrected chi connectivity index (χ3v) is 3.02. The first kappa shape index (κ1) is 16.3. The van der Waals surface area contributed by atoms with Crippen molar-refractivity contribution in [3.63, 3.8) is 0 Å². The van der Waals surface area contributed by atoms with Crippen LogP contribution in [-0.2, 0) is 5.92 Å². The van der Waals surface area contributed by atoms with E-state index in [1.165, 1.54) is 30.5 Å². The van der Waals surface area contributed by atoms with Crippen molar-refractivity contribution < 1.29 is 13.9 Å². The molecular weight excluding hydrogens is 314 g/mol. The molecule has 0 saturated heterocycles. The van der Waals surface area contributed by atoms with E-state index in [1.54, 1.807) is 0 Å². The fourth-order valence-corrected chi connectivity index (χ4v) is 1.90. The third kappa shape index (κ3) is 3.75. The maximum absolute atomic E-state index is 13.3. The highest BCUT2D eigenvalue weighted by molar-refractivity contribution is 6.29. The number of alkyl halides is 2. The molecule has 2 rings (SSSR count). The van der Waals surface area contributed by atoms with E-state index in [0.29, 0.717) is 11.3 Å². The van der Waals surface area contributed by atoms with Crippen molar-refractivity contribution in [1.82, 2.24) is 9.97 Å². The van der Waals surface area contributed by atoms with Gasteiger partial charge in [-0.3, -0.25) is 0 Å². The molecule has 0 aliphatic heterocycles. The molecule has 0 fully saturated rings. The van der Waals surface area contributed by atoms with E-state index < -0.39 is 12.5 Å². The Morgan fingerprint density at radius 1 is 1.45 bits per heavy atom. The lowest BCUT2D eigenvalue weighted by Gasteiger charge is -2.14. The van der Waals surface area contributed by atoms with Gasteiger partial charge in [0.25, 0.3) is 5.92 Å². The largest absolute Gasteiger partial charge is 0.390 e. The number of halogens is 3. The molecule has 0 amide bonds. The molecule has 5 nitrogen and oxygen atoms in total. The Labute approximate surface area is 130 Å². The summed E-state index contributed by atoms with van der Waals surface area (Å²) < 4.78 is 26.6. The van der Waals surface area contributed by atoms with E-state index in [9.17, 15) is 8.78 Å². The van der Waals surface area contributed by atoms with Crippen molar-refractivity contribution in [2.24, 2.45) is 0 Å². The van der Waals surface area contributed by atoms with Gasteiger partial charge in [-0.2, -0.15) is 8.78 Å². The standard InChI is InChI=1S/C14H13ClF2N4O/c1-14(16,17)11-3-2-4-13(21-11)20-10-5-12(15)19-6-8(10)9(18)7-22/h2-6,18,22H,7H2,1H3,(H,19,20,21). The molecular formula is C14H13ClF2N4O. The second kappa shape index (κ2) is 6.33. The van der Waals surface area contributed by atoms with Crippen LogP contribution in [-0.4, -0.2) is 27.4 Å². The molecule has 3 N–H and O–H groups in total. The van der Waals surface area contributed by atoms with Gasteiger partial charge in [0.05, 0.1) is 18.0 Å². The van der Waals surface area contributed by atoms with E-state index in [0.717, 1.165) is 6.92 Å². The number of pyridine rings is 2. The lowest BCUT2D eigenvalue weighted by atomic mass is 10.1. The predicted octanol–water partition coefficient (Wildman–Crippen LogP) is 3.35. The first-order chi connectivity index (χ1) is 10.3. The normalized spacial score (nSPS) is 11.3. The summed E-state index contributed by atoms with van der Waals surface area (Å²) in [5.74, 6) is -2.89. The van der Waals surface area contributed by atoms with Crippen LogP contribution in [0.2, 0.25) is 5.15 Å². The molecule has 2 heterocycles. The lowest BCUT2D eigenvalue weighted by molar-refractivity contribution is 0.0129. The minimum Gasteiger partial charge on any atom is -0.390 e. The Bertz CT molecular complexity index is 703. The highest BCUT2D eigenvalue weighted by Gasteiger charge is 2.26. The minimum absolute atomic E-state index is 0.0800. The fraction of sp³-hybridized carbons (Fsp3) is 0.214. The van der Waals surface area contributed by atoms with Gasteiger partial charge in [0.2, 0.25) is 0 Å². The maximum atomic E-state index is 13.3. The molecule has 0 aliphatic rings. The number of nitrogens with zero attached hydrogens (tertiary/aromatic N) is 2. The summed E-state index contributed by atoms with van der Waals surface area (Å²) >= 11 is 5.81. The summed E-state index contributed by atoms with van der Waals surface area (Å²) in [7, 11) is 0. The number of anilines is 2. The van der Waals surface area contributed by atoms with Gasteiger partial charge in [0.15, 0.2) is 0 Å². The Morgan fingerprint density at radius 2 is 2.18 bits per heavy atom. The van der Waals surface area contributed by atoms with E-state index >= 15 is 0 Å². The molecule has 116 valence electrons. The molecule has 0 aromatic carbocycles. The van der Waals surface area contributed by atoms with Gasteiger partial charge in [0, 0.05) is 18.7 Å². The summed E-state index contributed by atoms with van der Waals surface area (Å²) in [5, 5.41) is 19.7. The Morgan fingerprint density at radius 3 is 2.82 bits per heavy atom. The number of nitrogens with one attached hydrogen (secondary N) is 2. The summed E-state index contributed by atoms with van der Waals surface area (Å²) in [6, 6.07) is 5.61. The van der Waals surface area contributed by atoms with Gasteiger partial charge in [-0.25, -0.2) is 9.97 Å². The molecule has 8 heteroatoms. The number of aliphatic hydroxyl groups excluding tert-OH is 1. The fourth-order valence-electron chi connectivity index (χ4n) is 1.75. The zero-order chi connectivity index (χ0) is 16.3. The smallest absolute Gasteiger partial charge is 0.287 e. The molecule has 2 aromatic rings. The summed E-state index contributed by atoms with van der Waals surface area (Å²) in [4.78, 5) is 7.68. The number of rotatable bonds is 5. The van der Waals surface area contributed by atoms with Crippen molar-refractivity contribution in [2.45, 2.75) is 12.8 Å². The van der Waals surface area contributed by atoms with Gasteiger partial charge >= 0.3 is 0 Å². The average molecular weight is 327 g/mol. The van der Waals surface area contributed by atoms with Crippen LogP contribution in [0.15, 0.2) is 30.5 Å². The quantitative estimate of drug-likeness (QED) is 0.581. The highest BCUT2D eigenvalue weighted by Crippen LogP contribution is 2.28. The lowest BCUT2D eigenvalue weighted by Crippen LogP contribution is -2.12. The average Bonchev–Trinajstić information content (AvgIpc) is 2.46. The molecule has 0 spiro atoms. The predicted molar refractivity (Wildman–Crippen MR) is 80.2 cm³/mol. The van der Waals surface area contributed by atoms with Crippen LogP contribution in [0.5, 0.6) is 0 Å². The molecule has 0 radical (unpaired) electrons.